The molecule has 0 spiro atoms. The largest absolute Gasteiger partial charge is 0.516 e. The van der Waals surface area contributed by atoms with Crippen LogP contribution in [0.4, 0.5) is 0 Å². The minimum absolute atomic E-state index is 0.668. The van der Waals surface area contributed by atoms with Gasteiger partial charge in [0.1, 0.15) is 0 Å². The van der Waals surface area contributed by atoms with Gasteiger partial charge in [0.2, 0.25) is 0 Å². The fourth-order valence-corrected chi connectivity index (χ4v) is 1.40. The Hall–Kier alpha value is -1.83. The molecular formula is C12H11NO. The topological polar surface area (TPSA) is 33.1 Å². The summed E-state index contributed by atoms with van der Waals surface area (Å²) in [6.07, 6.45) is 3.40. The molecule has 70 valence electrons. The molecule has 0 radical (unpaired) electrons. The summed E-state index contributed by atoms with van der Waals surface area (Å²) in [5.41, 5.74) is 1.96. The molecule has 2 aromatic rings. The molecule has 2 heteroatoms. The monoisotopic (exact) mass is 185 g/mol. The van der Waals surface area contributed by atoms with Crippen LogP contribution in [0.3, 0.4) is 0 Å². The predicted octanol–water partition coefficient (Wildman–Crippen LogP) is 2.85. The van der Waals surface area contributed by atoms with E-state index in [0.717, 1.165) is 22.9 Å². The minimum Gasteiger partial charge on any atom is -0.516 e. The summed E-state index contributed by atoms with van der Waals surface area (Å²) in [5, 5.41) is 9.68. The number of aliphatic hydroxyl groups excluding tert-OH is 1. The lowest BCUT2D eigenvalue weighted by molar-refractivity contribution is 0.471. The van der Waals surface area contributed by atoms with Crippen molar-refractivity contribution >= 4 is 10.9 Å². The van der Waals surface area contributed by atoms with Crippen LogP contribution >= 0.6 is 0 Å². The lowest BCUT2D eigenvalue weighted by atomic mass is 10.2. The molecule has 0 fully saturated rings. The number of hydrogen-bond acceptors (Lipinski definition) is 2. The van der Waals surface area contributed by atoms with E-state index in [4.69, 9.17) is 5.11 Å². The summed E-state index contributed by atoms with van der Waals surface area (Å²) >= 11 is 0. The molecule has 14 heavy (non-hydrogen) atoms. The SMILES string of the molecule is OC=CCc1ccc2ccccc2n1. The van der Waals surface area contributed by atoms with Crippen LogP contribution in [0.2, 0.25) is 0 Å². The lowest BCUT2D eigenvalue weighted by Gasteiger charge is -1.99. The Kier molecular flexibility index (Phi) is 2.45. The molecular weight excluding hydrogens is 174 g/mol. The van der Waals surface area contributed by atoms with Crippen molar-refractivity contribution in [3.63, 3.8) is 0 Å². The Bertz CT molecular complexity index is 463. The number of hydrogen-bond donors (Lipinski definition) is 1. The highest BCUT2D eigenvalue weighted by Crippen LogP contribution is 2.11. The van der Waals surface area contributed by atoms with Crippen molar-refractivity contribution in [3.8, 4) is 0 Å². The number of fused-ring (bicyclic) bond motifs is 1. The smallest absolute Gasteiger partial charge is 0.0755 e. The zero-order chi connectivity index (χ0) is 9.80. The van der Waals surface area contributed by atoms with E-state index in [-0.39, 0.29) is 0 Å². The van der Waals surface area contributed by atoms with Crippen molar-refractivity contribution < 1.29 is 5.11 Å². The molecule has 0 atom stereocenters. The third kappa shape index (κ3) is 1.74. The van der Waals surface area contributed by atoms with Gasteiger partial charge in [0.25, 0.3) is 0 Å². The van der Waals surface area contributed by atoms with E-state index in [1.807, 2.05) is 36.4 Å². The number of aromatic nitrogens is 1. The molecule has 1 aromatic heterocycles. The van der Waals surface area contributed by atoms with Crippen molar-refractivity contribution in [2.24, 2.45) is 0 Å². The summed E-state index contributed by atoms with van der Waals surface area (Å²) in [6.45, 7) is 0. The zero-order valence-electron chi connectivity index (χ0n) is 7.72. The van der Waals surface area contributed by atoms with Crippen LogP contribution in [0.15, 0.2) is 48.7 Å². The second-order valence-corrected chi connectivity index (χ2v) is 3.08. The first-order chi connectivity index (χ1) is 6.90. The van der Waals surface area contributed by atoms with Gasteiger partial charge >= 0.3 is 0 Å². The first-order valence-corrected chi connectivity index (χ1v) is 4.54. The summed E-state index contributed by atoms with van der Waals surface area (Å²) in [4.78, 5) is 4.45. The Balaban J connectivity index is 2.41. The van der Waals surface area contributed by atoms with E-state index >= 15 is 0 Å². The van der Waals surface area contributed by atoms with Crippen LogP contribution in [0.5, 0.6) is 0 Å². The van der Waals surface area contributed by atoms with E-state index in [2.05, 4.69) is 4.98 Å². The summed E-state index contributed by atoms with van der Waals surface area (Å²) in [6, 6.07) is 12.0. The van der Waals surface area contributed by atoms with Crippen molar-refractivity contribution in [2.75, 3.05) is 0 Å². The zero-order valence-corrected chi connectivity index (χ0v) is 7.72. The van der Waals surface area contributed by atoms with Gasteiger partial charge in [0.05, 0.1) is 11.8 Å². The third-order valence-corrected chi connectivity index (χ3v) is 2.09. The molecule has 1 aromatic carbocycles. The van der Waals surface area contributed by atoms with E-state index in [1.54, 1.807) is 6.08 Å². The Morgan fingerprint density at radius 3 is 2.86 bits per heavy atom. The summed E-state index contributed by atoms with van der Waals surface area (Å²) in [5.74, 6) is 0. The molecule has 0 bridgehead atoms. The van der Waals surface area contributed by atoms with Crippen LogP contribution in [-0.4, -0.2) is 10.1 Å². The second-order valence-electron chi connectivity index (χ2n) is 3.08. The standard InChI is InChI=1S/C12H11NO/c14-9-3-5-11-8-7-10-4-1-2-6-12(10)13-11/h1-4,6-9,14H,5H2. The summed E-state index contributed by atoms with van der Waals surface area (Å²) < 4.78 is 0. The molecule has 2 rings (SSSR count). The van der Waals surface area contributed by atoms with Crippen molar-refractivity contribution in [1.29, 1.82) is 0 Å². The first kappa shape index (κ1) is 8.75. The number of aliphatic hydroxyl groups is 1. The maximum absolute atomic E-state index is 8.53. The summed E-state index contributed by atoms with van der Waals surface area (Å²) in [7, 11) is 0. The highest BCUT2D eigenvalue weighted by Gasteiger charge is 1.95. The fourth-order valence-electron chi connectivity index (χ4n) is 1.40. The second kappa shape index (κ2) is 3.92. The fraction of sp³-hybridized carbons (Fsp3) is 0.0833. The maximum atomic E-state index is 8.53. The van der Waals surface area contributed by atoms with E-state index in [9.17, 15) is 0 Å². The Labute approximate surface area is 82.5 Å². The molecule has 0 unspecified atom stereocenters. The first-order valence-electron chi connectivity index (χ1n) is 4.54. The van der Waals surface area contributed by atoms with Gasteiger partial charge in [0, 0.05) is 17.5 Å². The number of nitrogens with zero attached hydrogens (tertiary/aromatic N) is 1. The van der Waals surface area contributed by atoms with Crippen LogP contribution in [-0.2, 0) is 6.42 Å². The van der Waals surface area contributed by atoms with Crippen LogP contribution in [0, 0.1) is 0 Å². The number of benzene rings is 1. The quantitative estimate of drug-likeness (QED) is 0.730. The average molecular weight is 185 g/mol. The molecule has 0 saturated heterocycles. The molecule has 2 nitrogen and oxygen atoms in total. The van der Waals surface area contributed by atoms with Gasteiger partial charge < -0.3 is 5.11 Å². The van der Waals surface area contributed by atoms with Gasteiger partial charge in [-0.15, -0.1) is 0 Å². The number of allylic oxidation sites excluding steroid dienone is 1. The molecule has 1 N–H and O–H groups in total. The Morgan fingerprint density at radius 1 is 1.14 bits per heavy atom. The van der Waals surface area contributed by atoms with E-state index < -0.39 is 0 Å². The molecule has 0 aliphatic rings. The minimum atomic E-state index is 0.668. The number of pyridine rings is 1. The van der Waals surface area contributed by atoms with Crippen LogP contribution < -0.4 is 0 Å². The van der Waals surface area contributed by atoms with Crippen LogP contribution in [0.25, 0.3) is 10.9 Å². The van der Waals surface area contributed by atoms with Gasteiger partial charge in [-0.3, -0.25) is 4.98 Å². The highest BCUT2D eigenvalue weighted by atomic mass is 16.2. The normalized spacial score (nSPS) is 11.1. The molecule has 1 heterocycles. The van der Waals surface area contributed by atoms with Crippen molar-refractivity contribution in [3.05, 3.63) is 54.4 Å². The Morgan fingerprint density at radius 2 is 2.00 bits per heavy atom. The number of para-hydroxylation sites is 1. The number of rotatable bonds is 2. The van der Waals surface area contributed by atoms with Gasteiger partial charge in [-0.2, -0.15) is 0 Å². The highest BCUT2D eigenvalue weighted by molar-refractivity contribution is 5.78. The van der Waals surface area contributed by atoms with Crippen molar-refractivity contribution in [2.45, 2.75) is 6.42 Å². The van der Waals surface area contributed by atoms with E-state index in [1.165, 1.54) is 0 Å². The predicted molar refractivity (Wildman–Crippen MR) is 57.2 cm³/mol. The molecule has 0 aliphatic carbocycles. The van der Waals surface area contributed by atoms with E-state index in [0.29, 0.717) is 6.42 Å². The van der Waals surface area contributed by atoms with Gasteiger partial charge in [-0.25, -0.2) is 0 Å². The molecule has 0 amide bonds. The van der Waals surface area contributed by atoms with Gasteiger partial charge in [-0.05, 0) is 18.2 Å². The maximum Gasteiger partial charge on any atom is 0.0755 e. The van der Waals surface area contributed by atoms with Gasteiger partial charge in [-0.1, -0.05) is 24.3 Å². The molecule has 0 aliphatic heterocycles. The van der Waals surface area contributed by atoms with Gasteiger partial charge in [0.15, 0.2) is 0 Å². The molecule has 0 saturated carbocycles. The average Bonchev–Trinajstić information content (AvgIpc) is 2.26. The van der Waals surface area contributed by atoms with Crippen LogP contribution in [0.1, 0.15) is 5.69 Å². The van der Waals surface area contributed by atoms with Crippen molar-refractivity contribution in [1.82, 2.24) is 4.98 Å². The third-order valence-electron chi connectivity index (χ3n) is 2.09. The lowest BCUT2D eigenvalue weighted by Crippen LogP contribution is -1.87.